The molecular weight excluding hydrogens is 278 g/mol. The number of aliphatic hydroxyl groups excluding tert-OH is 1. The van der Waals surface area contributed by atoms with Gasteiger partial charge in [-0.1, -0.05) is 28.9 Å². The van der Waals surface area contributed by atoms with Gasteiger partial charge in [0.15, 0.2) is 0 Å². The normalized spacial score (nSPS) is 14.9. The van der Waals surface area contributed by atoms with Crippen molar-refractivity contribution in [2.75, 3.05) is 13.2 Å². The zero-order valence-corrected chi connectivity index (χ0v) is 11.8. The Morgan fingerprint density at radius 2 is 2.25 bits per heavy atom. The van der Waals surface area contributed by atoms with E-state index in [2.05, 4.69) is 15.0 Å². The van der Waals surface area contributed by atoms with Gasteiger partial charge in [0.05, 0.1) is 13.2 Å². The minimum atomic E-state index is 0.145. The monoisotopic (exact) mass is 293 g/mol. The molecule has 0 atom stereocenters. The first-order valence-corrected chi connectivity index (χ1v) is 7.07. The molecule has 1 saturated carbocycles. The summed E-state index contributed by atoms with van der Waals surface area (Å²) in [4.78, 5) is 6.57. The topological polar surface area (TPSA) is 62.4 Å². The van der Waals surface area contributed by atoms with Gasteiger partial charge in [-0.2, -0.15) is 4.98 Å². The second-order valence-electron chi connectivity index (χ2n) is 4.95. The zero-order valence-electron chi connectivity index (χ0n) is 11.0. The summed E-state index contributed by atoms with van der Waals surface area (Å²) in [5.41, 5.74) is 0.840. The van der Waals surface area contributed by atoms with Crippen LogP contribution in [0, 0.1) is 0 Å². The van der Waals surface area contributed by atoms with Crippen LogP contribution in [0.2, 0.25) is 5.02 Å². The molecule has 1 N–H and O–H groups in total. The molecule has 1 aliphatic rings. The van der Waals surface area contributed by atoms with Crippen molar-refractivity contribution >= 4 is 11.6 Å². The number of benzene rings is 1. The maximum atomic E-state index is 9.08. The summed E-state index contributed by atoms with van der Waals surface area (Å²) < 4.78 is 5.29. The third-order valence-corrected chi connectivity index (χ3v) is 3.57. The van der Waals surface area contributed by atoms with Crippen LogP contribution in [0.4, 0.5) is 0 Å². The molecule has 0 radical (unpaired) electrons. The van der Waals surface area contributed by atoms with Crippen molar-refractivity contribution in [1.29, 1.82) is 0 Å². The molecule has 2 aromatic rings. The van der Waals surface area contributed by atoms with Gasteiger partial charge < -0.3 is 9.63 Å². The summed E-state index contributed by atoms with van der Waals surface area (Å²) >= 11 is 5.95. The lowest BCUT2D eigenvalue weighted by atomic mass is 10.2. The average Bonchev–Trinajstić information content (AvgIpc) is 3.18. The molecule has 0 unspecified atom stereocenters. The third-order valence-electron chi connectivity index (χ3n) is 3.34. The molecule has 0 amide bonds. The minimum absolute atomic E-state index is 0.145. The fourth-order valence-electron chi connectivity index (χ4n) is 2.20. The Labute approximate surface area is 122 Å². The fourth-order valence-corrected chi connectivity index (χ4v) is 2.39. The highest BCUT2D eigenvalue weighted by atomic mass is 35.5. The molecule has 20 heavy (non-hydrogen) atoms. The van der Waals surface area contributed by atoms with E-state index >= 15 is 0 Å². The molecule has 1 fully saturated rings. The van der Waals surface area contributed by atoms with E-state index in [1.54, 1.807) is 0 Å². The van der Waals surface area contributed by atoms with Crippen LogP contribution in [0.25, 0.3) is 11.4 Å². The van der Waals surface area contributed by atoms with E-state index in [0.717, 1.165) is 5.56 Å². The number of aromatic nitrogens is 2. The van der Waals surface area contributed by atoms with Gasteiger partial charge in [-0.15, -0.1) is 0 Å². The van der Waals surface area contributed by atoms with Crippen LogP contribution in [0.3, 0.4) is 0 Å². The molecule has 0 aliphatic heterocycles. The van der Waals surface area contributed by atoms with Gasteiger partial charge >= 0.3 is 0 Å². The number of aliphatic hydroxyl groups is 1. The van der Waals surface area contributed by atoms with Crippen molar-refractivity contribution in [3.63, 3.8) is 0 Å². The van der Waals surface area contributed by atoms with Crippen molar-refractivity contribution in [2.24, 2.45) is 0 Å². The summed E-state index contributed by atoms with van der Waals surface area (Å²) in [6.07, 6.45) is 2.35. The Morgan fingerprint density at radius 3 is 2.95 bits per heavy atom. The molecule has 1 aromatic carbocycles. The molecule has 0 bridgehead atoms. The van der Waals surface area contributed by atoms with Crippen LogP contribution >= 0.6 is 11.6 Å². The molecule has 1 aliphatic carbocycles. The lowest BCUT2D eigenvalue weighted by molar-refractivity contribution is 0.167. The first-order chi connectivity index (χ1) is 9.76. The summed E-state index contributed by atoms with van der Waals surface area (Å²) in [5.74, 6) is 1.11. The van der Waals surface area contributed by atoms with Crippen molar-refractivity contribution in [1.82, 2.24) is 15.0 Å². The van der Waals surface area contributed by atoms with Crippen LogP contribution in [0.5, 0.6) is 0 Å². The van der Waals surface area contributed by atoms with Gasteiger partial charge in [-0.3, -0.25) is 4.90 Å². The number of halogens is 1. The van der Waals surface area contributed by atoms with Crippen LogP contribution < -0.4 is 0 Å². The Balaban J connectivity index is 1.73. The second kappa shape index (κ2) is 5.91. The Morgan fingerprint density at radius 1 is 1.40 bits per heavy atom. The number of rotatable bonds is 6. The van der Waals surface area contributed by atoms with Gasteiger partial charge in [0.1, 0.15) is 0 Å². The maximum Gasteiger partial charge on any atom is 0.241 e. The van der Waals surface area contributed by atoms with Gasteiger partial charge in [0.25, 0.3) is 0 Å². The highest BCUT2D eigenvalue weighted by Crippen LogP contribution is 2.28. The Kier molecular flexibility index (Phi) is 4.00. The van der Waals surface area contributed by atoms with E-state index < -0.39 is 0 Å². The summed E-state index contributed by atoms with van der Waals surface area (Å²) in [5, 5.41) is 13.7. The van der Waals surface area contributed by atoms with E-state index in [0.29, 0.717) is 35.9 Å². The Hall–Kier alpha value is -1.43. The van der Waals surface area contributed by atoms with Gasteiger partial charge in [-0.05, 0) is 25.0 Å². The number of hydrogen-bond acceptors (Lipinski definition) is 5. The van der Waals surface area contributed by atoms with Crippen LogP contribution in [-0.4, -0.2) is 39.3 Å². The fraction of sp³-hybridized carbons (Fsp3) is 0.429. The average molecular weight is 294 g/mol. The number of hydrogen-bond donors (Lipinski definition) is 1. The van der Waals surface area contributed by atoms with E-state index in [1.807, 2.05) is 24.3 Å². The third kappa shape index (κ3) is 3.17. The van der Waals surface area contributed by atoms with Crippen molar-refractivity contribution in [3.05, 3.63) is 35.2 Å². The van der Waals surface area contributed by atoms with Crippen LogP contribution in [0.1, 0.15) is 18.7 Å². The van der Waals surface area contributed by atoms with Gasteiger partial charge in [0.2, 0.25) is 11.7 Å². The Bertz CT molecular complexity index is 583. The van der Waals surface area contributed by atoms with Gasteiger partial charge in [0, 0.05) is 23.2 Å². The highest BCUT2D eigenvalue weighted by Gasteiger charge is 2.29. The van der Waals surface area contributed by atoms with E-state index in [4.69, 9.17) is 21.2 Å². The molecule has 0 saturated heterocycles. The van der Waals surface area contributed by atoms with Crippen molar-refractivity contribution < 1.29 is 9.63 Å². The quantitative estimate of drug-likeness (QED) is 0.886. The zero-order chi connectivity index (χ0) is 13.9. The van der Waals surface area contributed by atoms with E-state index in [-0.39, 0.29) is 6.61 Å². The largest absolute Gasteiger partial charge is 0.395 e. The molecule has 1 aromatic heterocycles. The summed E-state index contributed by atoms with van der Waals surface area (Å²) in [7, 11) is 0. The second-order valence-corrected chi connectivity index (χ2v) is 5.38. The van der Waals surface area contributed by atoms with Gasteiger partial charge in [-0.25, -0.2) is 0 Å². The predicted octanol–water partition coefficient (Wildman–Crippen LogP) is 2.35. The summed E-state index contributed by atoms with van der Waals surface area (Å²) in [6.45, 7) is 1.37. The predicted molar refractivity (Wildman–Crippen MR) is 75.3 cm³/mol. The van der Waals surface area contributed by atoms with E-state index in [1.165, 1.54) is 12.8 Å². The molecule has 6 heteroatoms. The molecule has 5 nitrogen and oxygen atoms in total. The molecule has 1 heterocycles. The van der Waals surface area contributed by atoms with Crippen molar-refractivity contribution in [2.45, 2.75) is 25.4 Å². The highest BCUT2D eigenvalue weighted by molar-refractivity contribution is 6.30. The standard InChI is InChI=1S/C14H16ClN3O2/c15-11-3-1-2-10(8-11)14-16-13(20-17-14)9-18(6-7-19)12-4-5-12/h1-3,8,12,19H,4-7,9H2. The first kappa shape index (κ1) is 13.5. The maximum absolute atomic E-state index is 9.08. The number of nitrogens with zero attached hydrogens (tertiary/aromatic N) is 3. The minimum Gasteiger partial charge on any atom is -0.395 e. The lowest BCUT2D eigenvalue weighted by Gasteiger charge is -2.17. The molecular formula is C14H16ClN3O2. The van der Waals surface area contributed by atoms with E-state index in [9.17, 15) is 0 Å². The molecule has 3 rings (SSSR count). The first-order valence-electron chi connectivity index (χ1n) is 6.69. The molecule has 0 spiro atoms. The SMILES string of the molecule is OCCN(Cc1nc(-c2cccc(Cl)c2)no1)C1CC1. The van der Waals surface area contributed by atoms with Crippen LogP contribution in [-0.2, 0) is 6.54 Å². The lowest BCUT2D eigenvalue weighted by Crippen LogP contribution is -2.28. The molecule has 106 valence electrons. The summed E-state index contributed by atoms with van der Waals surface area (Å²) in [6, 6.07) is 7.91. The van der Waals surface area contributed by atoms with Crippen LogP contribution in [0.15, 0.2) is 28.8 Å². The smallest absolute Gasteiger partial charge is 0.241 e. The van der Waals surface area contributed by atoms with Crippen molar-refractivity contribution in [3.8, 4) is 11.4 Å².